The van der Waals surface area contributed by atoms with E-state index in [4.69, 9.17) is 0 Å². The molecule has 0 aliphatic carbocycles. The molecular weight excluding hydrogens is 254 g/mol. The van der Waals surface area contributed by atoms with Crippen molar-refractivity contribution in [2.75, 3.05) is 32.0 Å². The predicted molar refractivity (Wildman–Crippen MR) is 76.9 cm³/mol. The number of nitrogens with one attached hydrogen (secondary N) is 2. The predicted octanol–water partition coefficient (Wildman–Crippen LogP) is 1.32. The first-order valence-electron chi connectivity index (χ1n) is 7.08. The van der Waals surface area contributed by atoms with Gasteiger partial charge in [-0.25, -0.2) is 0 Å². The lowest BCUT2D eigenvalue weighted by Gasteiger charge is -2.23. The highest BCUT2D eigenvalue weighted by Gasteiger charge is 2.32. The summed E-state index contributed by atoms with van der Waals surface area (Å²) < 4.78 is 0. The summed E-state index contributed by atoms with van der Waals surface area (Å²) in [6, 6.07) is 5.40. The zero-order valence-corrected chi connectivity index (χ0v) is 11.6. The SMILES string of the molecule is CN1C(=O)c2ccc(NCC3CCCNC3)cc2C1=O. The zero-order valence-electron chi connectivity index (χ0n) is 11.6. The molecule has 2 N–H and O–H groups in total. The van der Waals surface area contributed by atoms with Crippen molar-refractivity contribution in [2.45, 2.75) is 12.8 Å². The number of carbonyl (C=O) groups is 2. The van der Waals surface area contributed by atoms with E-state index in [0.29, 0.717) is 17.0 Å². The van der Waals surface area contributed by atoms with Gasteiger partial charge in [0.2, 0.25) is 0 Å². The molecule has 1 unspecified atom stereocenters. The summed E-state index contributed by atoms with van der Waals surface area (Å²) in [5.41, 5.74) is 1.91. The van der Waals surface area contributed by atoms with Crippen molar-refractivity contribution in [3.05, 3.63) is 29.3 Å². The molecule has 0 saturated carbocycles. The fourth-order valence-electron chi connectivity index (χ4n) is 2.83. The first-order valence-corrected chi connectivity index (χ1v) is 7.08. The lowest BCUT2D eigenvalue weighted by Crippen LogP contribution is -2.33. The van der Waals surface area contributed by atoms with Crippen LogP contribution in [0.4, 0.5) is 5.69 Å². The molecule has 5 heteroatoms. The van der Waals surface area contributed by atoms with Crippen LogP contribution in [0.15, 0.2) is 18.2 Å². The first kappa shape index (κ1) is 13.1. The van der Waals surface area contributed by atoms with Gasteiger partial charge in [0.15, 0.2) is 0 Å². The number of nitrogens with zero attached hydrogens (tertiary/aromatic N) is 1. The molecule has 0 spiro atoms. The Morgan fingerprint density at radius 1 is 1.30 bits per heavy atom. The maximum Gasteiger partial charge on any atom is 0.261 e. The highest BCUT2D eigenvalue weighted by Crippen LogP contribution is 2.25. The summed E-state index contributed by atoms with van der Waals surface area (Å²) in [7, 11) is 1.52. The third-order valence-electron chi connectivity index (χ3n) is 4.08. The van der Waals surface area contributed by atoms with Crippen LogP contribution in [-0.4, -0.2) is 43.4 Å². The molecule has 1 atom stereocenters. The van der Waals surface area contributed by atoms with E-state index in [2.05, 4.69) is 10.6 Å². The molecule has 1 fully saturated rings. The lowest BCUT2D eigenvalue weighted by molar-refractivity contribution is 0.0693. The van der Waals surface area contributed by atoms with Gasteiger partial charge in [-0.1, -0.05) is 0 Å². The van der Waals surface area contributed by atoms with Crippen LogP contribution < -0.4 is 10.6 Å². The van der Waals surface area contributed by atoms with Crippen molar-refractivity contribution < 1.29 is 9.59 Å². The van der Waals surface area contributed by atoms with Crippen LogP contribution >= 0.6 is 0 Å². The highest BCUT2D eigenvalue weighted by molar-refractivity contribution is 6.21. The number of hydrogen-bond acceptors (Lipinski definition) is 4. The zero-order chi connectivity index (χ0) is 14.1. The lowest BCUT2D eigenvalue weighted by atomic mass is 9.99. The van der Waals surface area contributed by atoms with Gasteiger partial charge in [0.25, 0.3) is 11.8 Å². The van der Waals surface area contributed by atoms with Crippen LogP contribution in [-0.2, 0) is 0 Å². The van der Waals surface area contributed by atoms with Crippen LogP contribution in [0.1, 0.15) is 33.6 Å². The summed E-state index contributed by atoms with van der Waals surface area (Å²) in [5.74, 6) is 0.193. The summed E-state index contributed by atoms with van der Waals surface area (Å²) in [5, 5.41) is 6.76. The van der Waals surface area contributed by atoms with Crippen molar-refractivity contribution in [2.24, 2.45) is 5.92 Å². The quantitative estimate of drug-likeness (QED) is 0.816. The Morgan fingerprint density at radius 2 is 2.10 bits per heavy atom. The van der Waals surface area contributed by atoms with Gasteiger partial charge in [0.1, 0.15) is 0 Å². The molecule has 2 amide bonds. The number of rotatable bonds is 3. The van der Waals surface area contributed by atoms with E-state index in [9.17, 15) is 9.59 Å². The van der Waals surface area contributed by atoms with Gasteiger partial charge >= 0.3 is 0 Å². The van der Waals surface area contributed by atoms with Crippen LogP contribution in [0.2, 0.25) is 0 Å². The molecule has 0 aromatic heterocycles. The highest BCUT2D eigenvalue weighted by atomic mass is 16.2. The van der Waals surface area contributed by atoms with E-state index >= 15 is 0 Å². The molecular formula is C15H19N3O2. The maximum atomic E-state index is 11.9. The van der Waals surface area contributed by atoms with Crippen molar-refractivity contribution >= 4 is 17.5 Å². The molecule has 1 aromatic carbocycles. The third kappa shape index (κ3) is 2.29. The normalized spacial score (nSPS) is 22.1. The van der Waals surface area contributed by atoms with Gasteiger partial charge < -0.3 is 10.6 Å². The maximum absolute atomic E-state index is 11.9. The Labute approximate surface area is 118 Å². The second-order valence-corrected chi connectivity index (χ2v) is 5.52. The van der Waals surface area contributed by atoms with E-state index in [-0.39, 0.29) is 11.8 Å². The van der Waals surface area contributed by atoms with Gasteiger partial charge in [-0.2, -0.15) is 0 Å². The standard InChI is InChI=1S/C15H19N3O2/c1-18-14(19)12-5-4-11(7-13(12)15(18)20)17-9-10-3-2-6-16-8-10/h4-5,7,10,16-17H,2-3,6,8-9H2,1H3. The second kappa shape index (κ2) is 5.25. The molecule has 2 aliphatic heterocycles. The Balaban J connectivity index is 1.70. The van der Waals surface area contributed by atoms with Crippen LogP contribution in [0.5, 0.6) is 0 Å². The number of benzene rings is 1. The Hall–Kier alpha value is -1.88. The number of hydrogen-bond donors (Lipinski definition) is 2. The number of fused-ring (bicyclic) bond motifs is 1. The number of piperidine rings is 1. The minimum absolute atomic E-state index is 0.215. The Bertz CT molecular complexity index is 550. The van der Waals surface area contributed by atoms with Gasteiger partial charge in [-0.05, 0) is 50.0 Å². The Morgan fingerprint density at radius 3 is 2.85 bits per heavy atom. The second-order valence-electron chi connectivity index (χ2n) is 5.52. The van der Waals surface area contributed by atoms with Crippen molar-refractivity contribution in [3.63, 3.8) is 0 Å². The molecule has 1 saturated heterocycles. The van der Waals surface area contributed by atoms with Gasteiger partial charge in [-0.3, -0.25) is 14.5 Å². The molecule has 20 heavy (non-hydrogen) atoms. The molecule has 3 rings (SSSR count). The van der Waals surface area contributed by atoms with Crippen LogP contribution in [0, 0.1) is 5.92 Å². The molecule has 0 radical (unpaired) electrons. The largest absolute Gasteiger partial charge is 0.385 e. The topological polar surface area (TPSA) is 61.4 Å². The van der Waals surface area contributed by atoms with Gasteiger partial charge in [0, 0.05) is 19.3 Å². The van der Waals surface area contributed by atoms with Gasteiger partial charge in [0.05, 0.1) is 11.1 Å². The van der Waals surface area contributed by atoms with Crippen molar-refractivity contribution in [1.82, 2.24) is 10.2 Å². The van der Waals surface area contributed by atoms with Crippen molar-refractivity contribution in [1.29, 1.82) is 0 Å². The fraction of sp³-hybridized carbons (Fsp3) is 0.467. The van der Waals surface area contributed by atoms with E-state index in [1.165, 1.54) is 24.8 Å². The van der Waals surface area contributed by atoms with Crippen LogP contribution in [0.25, 0.3) is 0 Å². The number of amides is 2. The number of imide groups is 1. The molecule has 106 valence electrons. The van der Waals surface area contributed by atoms with E-state index in [1.54, 1.807) is 12.1 Å². The summed E-state index contributed by atoms with van der Waals surface area (Å²) in [6.07, 6.45) is 2.44. The summed E-state index contributed by atoms with van der Waals surface area (Å²) in [6.45, 7) is 3.04. The number of anilines is 1. The smallest absolute Gasteiger partial charge is 0.261 e. The summed E-state index contributed by atoms with van der Waals surface area (Å²) in [4.78, 5) is 24.9. The molecule has 0 bridgehead atoms. The molecule has 2 heterocycles. The number of carbonyl (C=O) groups excluding carboxylic acids is 2. The average molecular weight is 273 g/mol. The van der Waals surface area contributed by atoms with E-state index in [1.807, 2.05) is 6.07 Å². The average Bonchev–Trinajstić information content (AvgIpc) is 2.71. The minimum atomic E-state index is -0.215. The van der Waals surface area contributed by atoms with Crippen LogP contribution in [0.3, 0.4) is 0 Å². The minimum Gasteiger partial charge on any atom is -0.385 e. The molecule has 5 nitrogen and oxygen atoms in total. The fourth-order valence-corrected chi connectivity index (χ4v) is 2.83. The van der Waals surface area contributed by atoms with Gasteiger partial charge in [-0.15, -0.1) is 0 Å². The van der Waals surface area contributed by atoms with Crippen molar-refractivity contribution in [3.8, 4) is 0 Å². The monoisotopic (exact) mass is 273 g/mol. The molecule has 1 aromatic rings. The third-order valence-corrected chi connectivity index (χ3v) is 4.08. The Kier molecular flexibility index (Phi) is 3.44. The summed E-state index contributed by atoms with van der Waals surface area (Å²) >= 11 is 0. The van der Waals surface area contributed by atoms with E-state index in [0.717, 1.165) is 25.3 Å². The molecule has 2 aliphatic rings. The van der Waals surface area contributed by atoms with E-state index < -0.39 is 0 Å². The first-order chi connectivity index (χ1) is 9.66.